The Bertz CT molecular complexity index is 922. The SMILES string of the molecule is NC(=O)CCn1ccc2c(Nc3ccc(OC(F)(F)F)cc3)ncnc21. The number of hydrogen-bond acceptors (Lipinski definition) is 5. The third-order valence-electron chi connectivity index (χ3n) is 3.51. The van der Waals surface area contributed by atoms with Crippen molar-refractivity contribution in [2.45, 2.75) is 19.3 Å². The molecule has 3 rings (SSSR count). The van der Waals surface area contributed by atoms with E-state index in [0.717, 1.165) is 0 Å². The second-order valence-corrected chi connectivity index (χ2v) is 5.38. The van der Waals surface area contributed by atoms with Gasteiger partial charge in [0.15, 0.2) is 0 Å². The average Bonchev–Trinajstić information content (AvgIpc) is 2.97. The predicted molar refractivity (Wildman–Crippen MR) is 87.7 cm³/mol. The summed E-state index contributed by atoms with van der Waals surface area (Å²) in [6.07, 6.45) is -1.45. The minimum Gasteiger partial charge on any atom is -0.406 e. The average molecular weight is 365 g/mol. The van der Waals surface area contributed by atoms with Gasteiger partial charge in [-0.15, -0.1) is 13.2 Å². The number of hydrogen-bond donors (Lipinski definition) is 2. The van der Waals surface area contributed by atoms with Crippen LogP contribution >= 0.6 is 0 Å². The quantitative estimate of drug-likeness (QED) is 0.700. The van der Waals surface area contributed by atoms with Crippen LogP contribution in [0.2, 0.25) is 0 Å². The van der Waals surface area contributed by atoms with Gasteiger partial charge in [0.25, 0.3) is 0 Å². The van der Waals surface area contributed by atoms with Crippen molar-refractivity contribution >= 4 is 28.4 Å². The van der Waals surface area contributed by atoms with Gasteiger partial charge in [-0.05, 0) is 30.3 Å². The molecule has 10 heteroatoms. The fourth-order valence-corrected chi connectivity index (χ4v) is 2.39. The first-order valence-electron chi connectivity index (χ1n) is 7.53. The summed E-state index contributed by atoms with van der Waals surface area (Å²) >= 11 is 0. The number of carbonyl (C=O) groups is 1. The van der Waals surface area contributed by atoms with Crippen molar-refractivity contribution < 1.29 is 22.7 Å². The highest BCUT2D eigenvalue weighted by molar-refractivity contribution is 5.89. The molecule has 2 aromatic heterocycles. The second kappa shape index (κ2) is 6.90. The number of anilines is 2. The number of benzene rings is 1. The maximum Gasteiger partial charge on any atom is 0.573 e. The number of alkyl halides is 3. The minimum absolute atomic E-state index is 0.178. The number of fused-ring (bicyclic) bond motifs is 1. The van der Waals surface area contributed by atoms with Crippen molar-refractivity contribution in [1.29, 1.82) is 0 Å². The summed E-state index contributed by atoms with van der Waals surface area (Å²) in [4.78, 5) is 19.3. The molecule has 7 nitrogen and oxygen atoms in total. The highest BCUT2D eigenvalue weighted by atomic mass is 19.4. The Labute approximate surface area is 145 Å². The van der Waals surface area contributed by atoms with Crippen LogP contribution in [0.15, 0.2) is 42.9 Å². The standard InChI is InChI=1S/C16H14F3N5O2/c17-16(18,19)26-11-3-1-10(2-4-11)23-14-12-5-7-24(8-6-13(20)25)15(12)22-9-21-14/h1-5,7,9H,6,8H2,(H2,20,25)(H,21,22,23). The van der Waals surface area contributed by atoms with Crippen LogP contribution in [0.4, 0.5) is 24.7 Å². The molecule has 1 aromatic carbocycles. The molecular weight excluding hydrogens is 351 g/mol. The lowest BCUT2D eigenvalue weighted by Crippen LogP contribution is -2.16. The number of amides is 1. The molecule has 0 saturated heterocycles. The first-order chi connectivity index (χ1) is 12.3. The maximum atomic E-state index is 12.2. The summed E-state index contributed by atoms with van der Waals surface area (Å²) in [6.45, 7) is 0.388. The van der Waals surface area contributed by atoms with Crippen LogP contribution in [-0.4, -0.2) is 26.8 Å². The Morgan fingerprint density at radius 1 is 1.19 bits per heavy atom. The molecule has 3 aromatic rings. The number of aryl methyl sites for hydroxylation is 1. The number of nitrogens with one attached hydrogen (secondary N) is 1. The summed E-state index contributed by atoms with van der Waals surface area (Å²) < 4.78 is 42.2. The third-order valence-corrected chi connectivity index (χ3v) is 3.51. The zero-order valence-electron chi connectivity index (χ0n) is 13.3. The van der Waals surface area contributed by atoms with Gasteiger partial charge < -0.3 is 20.4 Å². The van der Waals surface area contributed by atoms with E-state index in [1.54, 1.807) is 16.8 Å². The molecule has 0 radical (unpaired) electrons. The van der Waals surface area contributed by atoms with Gasteiger partial charge in [-0.1, -0.05) is 0 Å². The molecule has 0 spiro atoms. The van der Waals surface area contributed by atoms with Crippen LogP contribution in [0.25, 0.3) is 11.0 Å². The van der Waals surface area contributed by atoms with Crippen molar-refractivity contribution in [2.75, 3.05) is 5.32 Å². The summed E-state index contributed by atoms with van der Waals surface area (Å²) in [5, 5.41) is 3.72. The van der Waals surface area contributed by atoms with Gasteiger partial charge >= 0.3 is 6.36 Å². The zero-order chi connectivity index (χ0) is 18.7. The van der Waals surface area contributed by atoms with Gasteiger partial charge in [0, 0.05) is 24.8 Å². The van der Waals surface area contributed by atoms with E-state index >= 15 is 0 Å². The van der Waals surface area contributed by atoms with Crippen LogP contribution < -0.4 is 15.8 Å². The Balaban J connectivity index is 1.79. The van der Waals surface area contributed by atoms with Gasteiger partial charge in [0.05, 0.1) is 5.39 Å². The molecule has 0 aliphatic rings. The van der Waals surface area contributed by atoms with E-state index in [0.29, 0.717) is 29.1 Å². The largest absolute Gasteiger partial charge is 0.573 e. The molecule has 0 saturated carbocycles. The molecule has 26 heavy (non-hydrogen) atoms. The lowest BCUT2D eigenvalue weighted by molar-refractivity contribution is -0.274. The van der Waals surface area contributed by atoms with E-state index in [1.165, 1.54) is 30.6 Å². The molecule has 0 aliphatic heterocycles. The van der Waals surface area contributed by atoms with Gasteiger partial charge in [0.2, 0.25) is 5.91 Å². The Morgan fingerprint density at radius 2 is 1.92 bits per heavy atom. The lowest BCUT2D eigenvalue weighted by Gasteiger charge is -2.10. The molecular formula is C16H14F3N5O2. The molecule has 2 heterocycles. The highest BCUT2D eigenvalue weighted by Crippen LogP contribution is 2.27. The van der Waals surface area contributed by atoms with Gasteiger partial charge in [0.1, 0.15) is 23.5 Å². The molecule has 1 amide bonds. The van der Waals surface area contributed by atoms with Gasteiger partial charge in [-0.3, -0.25) is 4.79 Å². The first-order valence-corrected chi connectivity index (χ1v) is 7.53. The van der Waals surface area contributed by atoms with E-state index in [-0.39, 0.29) is 12.2 Å². The highest BCUT2D eigenvalue weighted by Gasteiger charge is 2.30. The van der Waals surface area contributed by atoms with Crippen LogP contribution in [0.5, 0.6) is 5.75 Å². The number of nitrogens with two attached hydrogens (primary N) is 1. The minimum atomic E-state index is -4.73. The van der Waals surface area contributed by atoms with E-state index in [1.807, 2.05) is 0 Å². The number of ether oxygens (including phenoxy) is 1. The predicted octanol–water partition coefficient (Wildman–Crippen LogP) is 2.95. The molecule has 0 atom stereocenters. The van der Waals surface area contributed by atoms with E-state index in [2.05, 4.69) is 20.0 Å². The monoisotopic (exact) mass is 365 g/mol. The Morgan fingerprint density at radius 3 is 2.58 bits per heavy atom. The topological polar surface area (TPSA) is 95.1 Å². The van der Waals surface area contributed by atoms with Crippen LogP contribution in [0.3, 0.4) is 0 Å². The van der Waals surface area contributed by atoms with Gasteiger partial charge in [-0.2, -0.15) is 0 Å². The van der Waals surface area contributed by atoms with E-state index < -0.39 is 12.3 Å². The maximum absolute atomic E-state index is 12.2. The van der Waals surface area contributed by atoms with Crippen LogP contribution in [0, 0.1) is 0 Å². The van der Waals surface area contributed by atoms with Crippen LogP contribution in [0.1, 0.15) is 6.42 Å². The third kappa shape index (κ3) is 4.21. The number of aromatic nitrogens is 3. The molecule has 3 N–H and O–H groups in total. The van der Waals surface area contributed by atoms with Crippen molar-refractivity contribution in [1.82, 2.24) is 14.5 Å². The summed E-state index contributed by atoms with van der Waals surface area (Å²) in [5.41, 5.74) is 6.30. The van der Waals surface area contributed by atoms with Crippen molar-refractivity contribution in [3.8, 4) is 5.75 Å². The normalized spacial score (nSPS) is 11.5. The van der Waals surface area contributed by atoms with E-state index in [4.69, 9.17) is 5.73 Å². The van der Waals surface area contributed by atoms with Crippen LogP contribution in [-0.2, 0) is 11.3 Å². The molecule has 0 bridgehead atoms. The Hall–Kier alpha value is -3.30. The van der Waals surface area contributed by atoms with Crippen molar-refractivity contribution in [3.05, 3.63) is 42.9 Å². The summed E-state index contributed by atoms with van der Waals surface area (Å²) in [6, 6.07) is 7.07. The molecule has 0 aliphatic carbocycles. The molecule has 0 unspecified atom stereocenters. The number of carbonyl (C=O) groups excluding carboxylic acids is 1. The number of halogens is 3. The zero-order valence-corrected chi connectivity index (χ0v) is 13.3. The van der Waals surface area contributed by atoms with Crippen molar-refractivity contribution in [3.63, 3.8) is 0 Å². The molecule has 0 fully saturated rings. The number of primary amides is 1. The Kier molecular flexibility index (Phi) is 4.65. The second-order valence-electron chi connectivity index (χ2n) is 5.38. The lowest BCUT2D eigenvalue weighted by atomic mass is 10.3. The number of rotatable bonds is 6. The summed E-state index contributed by atoms with van der Waals surface area (Å²) in [7, 11) is 0. The fraction of sp³-hybridized carbons (Fsp3) is 0.188. The van der Waals surface area contributed by atoms with Crippen molar-refractivity contribution in [2.24, 2.45) is 5.73 Å². The molecule has 136 valence electrons. The number of nitrogens with zero attached hydrogens (tertiary/aromatic N) is 3. The fourth-order valence-electron chi connectivity index (χ4n) is 2.39. The first kappa shape index (κ1) is 17.5. The van der Waals surface area contributed by atoms with Gasteiger partial charge in [-0.25, -0.2) is 9.97 Å². The summed E-state index contributed by atoms with van der Waals surface area (Å²) in [5.74, 6) is -0.244. The van der Waals surface area contributed by atoms with E-state index in [9.17, 15) is 18.0 Å². The smallest absolute Gasteiger partial charge is 0.406 e.